The second-order valence-corrected chi connectivity index (χ2v) is 5.33. The molecule has 0 atom stereocenters. The van der Waals surface area contributed by atoms with Crippen molar-refractivity contribution in [3.63, 3.8) is 0 Å². The molecule has 0 saturated carbocycles. The van der Waals surface area contributed by atoms with Gasteiger partial charge in [0, 0.05) is 11.1 Å². The lowest BCUT2D eigenvalue weighted by Gasteiger charge is -2.09. The number of benzene rings is 2. The Morgan fingerprint density at radius 3 is 2.74 bits per heavy atom. The maximum Gasteiger partial charge on any atom is 0.338 e. The van der Waals surface area contributed by atoms with Gasteiger partial charge in [0.05, 0.1) is 0 Å². The molecule has 0 bridgehead atoms. The Labute approximate surface area is 134 Å². The maximum atomic E-state index is 11.8. The molecule has 0 unspecified atom stereocenters. The van der Waals surface area contributed by atoms with Gasteiger partial charge in [-0.25, -0.2) is 9.78 Å². The minimum Gasteiger partial charge on any atom is -0.436 e. The molecule has 0 aliphatic carbocycles. The number of nitrogens with zero attached hydrogens (tertiary/aromatic N) is 1. The third-order valence-electron chi connectivity index (χ3n) is 3.54. The number of rotatable bonds is 4. The zero-order chi connectivity index (χ0) is 16.4. The molecule has 0 fully saturated rings. The van der Waals surface area contributed by atoms with Gasteiger partial charge in [-0.2, -0.15) is 0 Å². The predicted molar refractivity (Wildman–Crippen MR) is 89.3 cm³/mol. The maximum absolute atomic E-state index is 11.8. The van der Waals surface area contributed by atoms with Gasteiger partial charge in [-0.05, 0) is 43.2 Å². The van der Waals surface area contributed by atoms with E-state index in [4.69, 9.17) is 9.15 Å². The predicted octanol–water partition coefficient (Wildman–Crippen LogP) is 4.54. The van der Waals surface area contributed by atoms with E-state index in [1.54, 1.807) is 13.0 Å². The zero-order valence-corrected chi connectivity index (χ0v) is 13.1. The minimum atomic E-state index is -0.436. The number of carbonyl (C=O) groups is 1. The first kappa shape index (κ1) is 15.0. The highest BCUT2D eigenvalue weighted by molar-refractivity contribution is 5.89. The fourth-order valence-corrected chi connectivity index (χ4v) is 2.26. The SMILES string of the molecule is C=C(C)C(=O)Oc1cc(-c2nc3ccccc3o2)ccc1CC. The van der Waals surface area contributed by atoms with E-state index in [0.717, 1.165) is 28.6 Å². The lowest BCUT2D eigenvalue weighted by molar-refractivity contribution is -0.130. The van der Waals surface area contributed by atoms with Crippen LogP contribution in [0.25, 0.3) is 22.6 Å². The summed E-state index contributed by atoms with van der Waals surface area (Å²) in [6, 6.07) is 13.2. The van der Waals surface area contributed by atoms with Gasteiger partial charge in [-0.3, -0.25) is 0 Å². The van der Waals surface area contributed by atoms with Crippen LogP contribution < -0.4 is 4.74 Å². The average molecular weight is 307 g/mol. The van der Waals surface area contributed by atoms with Crippen molar-refractivity contribution in [2.75, 3.05) is 0 Å². The summed E-state index contributed by atoms with van der Waals surface area (Å²) in [7, 11) is 0. The van der Waals surface area contributed by atoms with Crippen molar-refractivity contribution in [3.8, 4) is 17.2 Å². The number of ether oxygens (including phenoxy) is 1. The number of fused-ring (bicyclic) bond motifs is 1. The Hall–Kier alpha value is -2.88. The lowest BCUT2D eigenvalue weighted by atomic mass is 10.1. The number of hydrogen-bond acceptors (Lipinski definition) is 4. The first-order valence-corrected chi connectivity index (χ1v) is 7.45. The summed E-state index contributed by atoms with van der Waals surface area (Å²) >= 11 is 0. The molecule has 0 aliphatic heterocycles. The van der Waals surface area contributed by atoms with Crippen molar-refractivity contribution in [2.45, 2.75) is 20.3 Å². The largest absolute Gasteiger partial charge is 0.436 e. The molecule has 0 N–H and O–H groups in total. The molecule has 0 aliphatic rings. The Morgan fingerprint density at radius 1 is 1.26 bits per heavy atom. The van der Waals surface area contributed by atoms with E-state index in [1.165, 1.54) is 0 Å². The summed E-state index contributed by atoms with van der Waals surface area (Å²) in [5.74, 6) is 0.580. The molecule has 3 aromatic rings. The summed E-state index contributed by atoms with van der Waals surface area (Å²) in [4.78, 5) is 16.3. The first-order chi connectivity index (χ1) is 11.1. The molecule has 4 heteroatoms. The topological polar surface area (TPSA) is 52.3 Å². The Morgan fingerprint density at radius 2 is 2.04 bits per heavy atom. The number of hydrogen-bond donors (Lipinski definition) is 0. The van der Waals surface area contributed by atoms with Gasteiger partial charge in [0.2, 0.25) is 5.89 Å². The van der Waals surface area contributed by atoms with Crippen LogP contribution in [0, 0.1) is 0 Å². The first-order valence-electron chi connectivity index (χ1n) is 7.45. The van der Waals surface area contributed by atoms with E-state index in [1.807, 2.05) is 43.3 Å². The molecule has 4 nitrogen and oxygen atoms in total. The number of aromatic nitrogens is 1. The monoisotopic (exact) mass is 307 g/mol. The molecule has 0 spiro atoms. The number of esters is 1. The third-order valence-corrected chi connectivity index (χ3v) is 3.54. The minimum absolute atomic E-state index is 0.360. The van der Waals surface area contributed by atoms with E-state index in [0.29, 0.717) is 17.2 Å². The van der Waals surface area contributed by atoms with Crippen LogP contribution in [0.1, 0.15) is 19.4 Å². The molecule has 0 amide bonds. The van der Waals surface area contributed by atoms with E-state index in [2.05, 4.69) is 11.6 Å². The molecular weight excluding hydrogens is 290 g/mol. The Bertz CT molecular complexity index is 860. The summed E-state index contributed by atoms with van der Waals surface area (Å²) in [5.41, 5.74) is 3.59. The molecule has 0 saturated heterocycles. The molecule has 2 aromatic carbocycles. The Balaban J connectivity index is 2.02. The van der Waals surface area contributed by atoms with Gasteiger partial charge >= 0.3 is 5.97 Å². The highest BCUT2D eigenvalue weighted by Crippen LogP contribution is 2.30. The molecule has 23 heavy (non-hydrogen) atoms. The van der Waals surface area contributed by atoms with E-state index < -0.39 is 5.97 Å². The van der Waals surface area contributed by atoms with Crippen LogP contribution in [0.2, 0.25) is 0 Å². The van der Waals surface area contributed by atoms with Crippen molar-refractivity contribution in [1.82, 2.24) is 4.98 Å². The van der Waals surface area contributed by atoms with Gasteiger partial charge in [-0.1, -0.05) is 31.7 Å². The van der Waals surface area contributed by atoms with Crippen LogP contribution in [-0.4, -0.2) is 11.0 Å². The second kappa shape index (κ2) is 6.08. The summed E-state index contributed by atoms with van der Waals surface area (Å²) in [6.45, 7) is 7.24. The summed E-state index contributed by atoms with van der Waals surface area (Å²) in [5, 5.41) is 0. The number of aryl methyl sites for hydroxylation is 1. The molecule has 1 heterocycles. The van der Waals surface area contributed by atoms with Crippen molar-refractivity contribution in [2.24, 2.45) is 0 Å². The van der Waals surface area contributed by atoms with Crippen molar-refractivity contribution < 1.29 is 13.9 Å². The highest BCUT2D eigenvalue weighted by Gasteiger charge is 2.14. The van der Waals surface area contributed by atoms with Crippen LogP contribution in [-0.2, 0) is 11.2 Å². The zero-order valence-electron chi connectivity index (χ0n) is 13.1. The van der Waals surface area contributed by atoms with Crippen molar-refractivity contribution in [1.29, 1.82) is 0 Å². The van der Waals surface area contributed by atoms with Crippen LogP contribution >= 0.6 is 0 Å². The van der Waals surface area contributed by atoms with Crippen molar-refractivity contribution >= 4 is 17.1 Å². The molecule has 1 aromatic heterocycles. The second-order valence-electron chi connectivity index (χ2n) is 5.33. The lowest BCUT2D eigenvalue weighted by Crippen LogP contribution is -2.09. The average Bonchev–Trinajstić information content (AvgIpc) is 2.98. The van der Waals surface area contributed by atoms with Gasteiger partial charge in [0.15, 0.2) is 5.58 Å². The van der Waals surface area contributed by atoms with E-state index in [-0.39, 0.29) is 0 Å². The van der Waals surface area contributed by atoms with Gasteiger partial charge in [-0.15, -0.1) is 0 Å². The summed E-state index contributed by atoms with van der Waals surface area (Å²) < 4.78 is 11.2. The van der Waals surface area contributed by atoms with Crippen LogP contribution in [0.3, 0.4) is 0 Å². The van der Waals surface area contributed by atoms with Crippen LogP contribution in [0.4, 0.5) is 0 Å². The van der Waals surface area contributed by atoms with Crippen LogP contribution in [0.15, 0.2) is 59.0 Å². The molecule has 116 valence electrons. The smallest absolute Gasteiger partial charge is 0.338 e. The quantitative estimate of drug-likeness (QED) is 0.403. The highest BCUT2D eigenvalue weighted by atomic mass is 16.5. The van der Waals surface area contributed by atoms with E-state index >= 15 is 0 Å². The van der Waals surface area contributed by atoms with Crippen LogP contribution in [0.5, 0.6) is 5.75 Å². The normalized spacial score (nSPS) is 10.7. The Kier molecular flexibility index (Phi) is 3.98. The van der Waals surface area contributed by atoms with E-state index in [9.17, 15) is 4.79 Å². The van der Waals surface area contributed by atoms with Gasteiger partial charge < -0.3 is 9.15 Å². The third kappa shape index (κ3) is 3.01. The molecule has 0 radical (unpaired) electrons. The standard InChI is InChI=1S/C19H17NO3/c1-4-13-9-10-14(11-17(13)23-19(21)12(2)3)18-20-15-7-5-6-8-16(15)22-18/h5-11H,2,4H2,1,3H3. The van der Waals surface area contributed by atoms with Gasteiger partial charge in [0.1, 0.15) is 11.3 Å². The molecular formula is C19H17NO3. The van der Waals surface area contributed by atoms with Crippen molar-refractivity contribution in [3.05, 3.63) is 60.2 Å². The number of oxazole rings is 1. The fourth-order valence-electron chi connectivity index (χ4n) is 2.26. The molecule has 3 rings (SSSR count). The summed E-state index contributed by atoms with van der Waals surface area (Å²) in [6.07, 6.45) is 0.757. The number of carbonyl (C=O) groups excluding carboxylic acids is 1. The number of para-hydroxylation sites is 2. The van der Waals surface area contributed by atoms with Gasteiger partial charge in [0.25, 0.3) is 0 Å². The fraction of sp³-hybridized carbons (Fsp3) is 0.158.